The summed E-state index contributed by atoms with van der Waals surface area (Å²) in [6.07, 6.45) is 12.0. The van der Waals surface area contributed by atoms with E-state index in [1.54, 1.807) is 0 Å². The van der Waals surface area contributed by atoms with Crippen LogP contribution < -0.4 is 5.32 Å². The third-order valence-corrected chi connectivity index (χ3v) is 5.75. The van der Waals surface area contributed by atoms with Crippen molar-refractivity contribution in [2.75, 3.05) is 32.6 Å². The number of hydrogen-bond donors (Lipinski definition) is 1. The molecule has 1 atom stereocenters. The van der Waals surface area contributed by atoms with Crippen LogP contribution in [0.15, 0.2) is 0 Å². The van der Waals surface area contributed by atoms with Crippen molar-refractivity contribution in [2.24, 2.45) is 5.92 Å². The SMILES string of the molecule is CSC1(CNCC2CCCOC2)CCCCC1. The van der Waals surface area contributed by atoms with Crippen LogP contribution in [0.4, 0.5) is 0 Å². The van der Waals surface area contributed by atoms with Crippen LogP contribution in [0.5, 0.6) is 0 Å². The van der Waals surface area contributed by atoms with Crippen molar-refractivity contribution in [2.45, 2.75) is 49.7 Å². The Hall–Kier alpha value is 0.270. The van der Waals surface area contributed by atoms with Gasteiger partial charge in [0, 0.05) is 24.4 Å². The quantitative estimate of drug-likeness (QED) is 0.818. The minimum absolute atomic E-state index is 0.535. The van der Waals surface area contributed by atoms with E-state index in [-0.39, 0.29) is 0 Å². The van der Waals surface area contributed by atoms with Gasteiger partial charge >= 0.3 is 0 Å². The highest BCUT2D eigenvalue weighted by Gasteiger charge is 2.30. The lowest BCUT2D eigenvalue weighted by Crippen LogP contribution is -2.41. The molecule has 0 aromatic heterocycles. The average molecular weight is 257 g/mol. The lowest BCUT2D eigenvalue weighted by molar-refractivity contribution is 0.0545. The monoisotopic (exact) mass is 257 g/mol. The number of hydrogen-bond acceptors (Lipinski definition) is 3. The van der Waals surface area contributed by atoms with Gasteiger partial charge in [-0.15, -0.1) is 0 Å². The molecule has 1 unspecified atom stereocenters. The van der Waals surface area contributed by atoms with E-state index < -0.39 is 0 Å². The molecule has 1 aliphatic carbocycles. The van der Waals surface area contributed by atoms with Gasteiger partial charge in [-0.2, -0.15) is 11.8 Å². The summed E-state index contributed by atoms with van der Waals surface area (Å²) in [6, 6.07) is 0. The van der Waals surface area contributed by atoms with Crippen LogP contribution >= 0.6 is 11.8 Å². The first-order valence-corrected chi connectivity index (χ1v) is 8.41. The standard InChI is InChI=1S/C14H27NOS/c1-17-14(7-3-2-4-8-14)12-15-10-13-6-5-9-16-11-13/h13,15H,2-12H2,1H3. The predicted octanol–water partition coefficient (Wildman–Crippen LogP) is 3.07. The molecule has 17 heavy (non-hydrogen) atoms. The molecule has 3 heteroatoms. The van der Waals surface area contributed by atoms with E-state index in [9.17, 15) is 0 Å². The van der Waals surface area contributed by atoms with E-state index in [2.05, 4.69) is 23.3 Å². The fourth-order valence-electron chi connectivity index (χ4n) is 3.12. The molecular formula is C14H27NOS. The van der Waals surface area contributed by atoms with Gasteiger partial charge in [-0.1, -0.05) is 19.3 Å². The molecule has 2 aliphatic rings. The Kier molecular flexibility index (Phi) is 5.64. The highest BCUT2D eigenvalue weighted by molar-refractivity contribution is 8.00. The second-order valence-electron chi connectivity index (χ2n) is 5.66. The molecule has 2 fully saturated rings. The van der Waals surface area contributed by atoms with Gasteiger partial charge in [0.15, 0.2) is 0 Å². The number of thioether (sulfide) groups is 1. The van der Waals surface area contributed by atoms with Crippen molar-refractivity contribution in [1.29, 1.82) is 0 Å². The molecule has 1 aliphatic heterocycles. The molecule has 0 amide bonds. The van der Waals surface area contributed by atoms with Gasteiger partial charge in [0.1, 0.15) is 0 Å². The number of ether oxygens (including phenoxy) is 1. The maximum atomic E-state index is 5.53. The fraction of sp³-hybridized carbons (Fsp3) is 1.00. The van der Waals surface area contributed by atoms with Gasteiger partial charge in [-0.25, -0.2) is 0 Å². The van der Waals surface area contributed by atoms with Crippen LogP contribution in [0.2, 0.25) is 0 Å². The molecule has 1 saturated heterocycles. The van der Waals surface area contributed by atoms with Crippen LogP contribution in [-0.2, 0) is 4.74 Å². The van der Waals surface area contributed by atoms with Crippen LogP contribution in [0.25, 0.3) is 0 Å². The predicted molar refractivity (Wildman–Crippen MR) is 75.7 cm³/mol. The molecule has 2 nitrogen and oxygen atoms in total. The Morgan fingerprint density at radius 2 is 2.06 bits per heavy atom. The van der Waals surface area contributed by atoms with Gasteiger partial charge in [0.25, 0.3) is 0 Å². The second kappa shape index (κ2) is 7.01. The molecule has 0 spiro atoms. The first-order valence-electron chi connectivity index (χ1n) is 7.18. The highest BCUT2D eigenvalue weighted by atomic mass is 32.2. The van der Waals surface area contributed by atoms with Crippen LogP contribution in [0.3, 0.4) is 0 Å². The summed E-state index contributed by atoms with van der Waals surface area (Å²) < 4.78 is 6.07. The summed E-state index contributed by atoms with van der Waals surface area (Å²) in [7, 11) is 0. The summed E-state index contributed by atoms with van der Waals surface area (Å²) in [5.41, 5.74) is 0. The summed E-state index contributed by atoms with van der Waals surface area (Å²) in [5, 5.41) is 3.72. The van der Waals surface area contributed by atoms with Crippen molar-refractivity contribution >= 4 is 11.8 Å². The van der Waals surface area contributed by atoms with Crippen molar-refractivity contribution in [3.05, 3.63) is 0 Å². The smallest absolute Gasteiger partial charge is 0.0506 e. The van der Waals surface area contributed by atoms with Crippen LogP contribution in [0.1, 0.15) is 44.9 Å². The van der Waals surface area contributed by atoms with Gasteiger partial charge in [-0.05, 0) is 37.9 Å². The third-order valence-electron chi connectivity index (χ3n) is 4.33. The minimum Gasteiger partial charge on any atom is -0.381 e. The van der Waals surface area contributed by atoms with E-state index in [1.807, 2.05) is 0 Å². The van der Waals surface area contributed by atoms with Gasteiger partial charge in [0.05, 0.1) is 6.61 Å². The fourth-order valence-corrected chi connectivity index (χ4v) is 4.06. The first kappa shape index (κ1) is 13.7. The summed E-state index contributed by atoms with van der Waals surface area (Å²) in [6.45, 7) is 4.30. The lowest BCUT2D eigenvalue weighted by Gasteiger charge is -2.36. The van der Waals surface area contributed by atoms with Gasteiger partial charge in [-0.3, -0.25) is 0 Å². The molecular weight excluding hydrogens is 230 g/mol. The number of rotatable bonds is 5. The first-order chi connectivity index (χ1) is 8.35. The Morgan fingerprint density at radius 3 is 2.71 bits per heavy atom. The molecule has 1 saturated carbocycles. The molecule has 0 radical (unpaired) electrons. The van der Waals surface area contributed by atoms with Crippen LogP contribution in [0, 0.1) is 5.92 Å². The largest absolute Gasteiger partial charge is 0.381 e. The molecule has 2 rings (SSSR count). The Morgan fingerprint density at radius 1 is 1.24 bits per heavy atom. The van der Waals surface area contributed by atoms with E-state index in [0.29, 0.717) is 4.75 Å². The third kappa shape index (κ3) is 4.15. The zero-order valence-corrected chi connectivity index (χ0v) is 12.0. The van der Waals surface area contributed by atoms with E-state index in [1.165, 1.54) is 51.5 Å². The molecule has 1 N–H and O–H groups in total. The molecule has 0 aromatic rings. The topological polar surface area (TPSA) is 21.3 Å². The van der Waals surface area contributed by atoms with E-state index in [4.69, 9.17) is 4.74 Å². The number of nitrogens with one attached hydrogen (secondary N) is 1. The Bertz CT molecular complexity index is 210. The van der Waals surface area contributed by atoms with E-state index >= 15 is 0 Å². The van der Waals surface area contributed by atoms with Crippen molar-refractivity contribution in [3.8, 4) is 0 Å². The second-order valence-corrected chi connectivity index (χ2v) is 6.94. The lowest BCUT2D eigenvalue weighted by atomic mass is 9.88. The maximum Gasteiger partial charge on any atom is 0.0506 e. The van der Waals surface area contributed by atoms with Gasteiger partial charge in [0.2, 0.25) is 0 Å². The minimum atomic E-state index is 0.535. The summed E-state index contributed by atoms with van der Waals surface area (Å²) in [4.78, 5) is 0. The molecule has 0 aromatic carbocycles. The molecule has 1 heterocycles. The normalized spacial score (nSPS) is 29.1. The van der Waals surface area contributed by atoms with E-state index in [0.717, 1.165) is 25.7 Å². The molecule has 100 valence electrons. The Labute approximate surface area is 110 Å². The Balaban J connectivity index is 1.68. The zero-order chi connectivity index (χ0) is 12.0. The van der Waals surface area contributed by atoms with Gasteiger partial charge < -0.3 is 10.1 Å². The zero-order valence-electron chi connectivity index (χ0n) is 11.2. The van der Waals surface area contributed by atoms with Crippen molar-refractivity contribution < 1.29 is 4.74 Å². The summed E-state index contributed by atoms with van der Waals surface area (Å²) >= 11 is 2.09. The average Bonchev–Trinajstić information content (AvgIpc) is 2.41. The van der Waals surface area contributed by atoms with Crippen molar-refractivity contribution in [1.82, 2.24) is 5.32 Å². The van der Waals surface area contributed by atoms with Crippen molar-refractivity contribution in [3.63, 3.8) is 0 Å². The van der Waals surface area contributed by atoms with Crippen LogP contribution in [-0.4, -0.2) is 37.3 Å². The summed E-state index contributed by atoms with van der Waals surface area (Å²) in [5.74, 6) is 0.756. The highest BCUT2D eigenvalue weighted by Crippen LogP contribution is 2.37. The molecule has 0 bridgehead atoms. The maximum absolute atomic E-state index is 5.53.